The number of amides is 1. The summed E-state index contributed by atoms with van der Waals surface area (Å²) in [6.07, 6.45) is 9.16. The number of piperidine rings is 1. The lowest BCUT2D eigenvalue weighted by Crippen LogP contribution is -2.52. The summed E-state index contributed by atoms with van der Waals surface area (Å²) >= 11 is 0. The Kier molecular flexibility index (Phi) is 4.51. The topological polar surface area (TPSA) is 46.1 Å². The summed E-state index contributed by atoms with van der Waals surface area (Å²) in [6, 6.07) is 11.2. The molecule has 1 amide bonds. The third kappa shape index (κ3) is 3.17. The number of fused-ring (bicyclic) bond motifs is 1. The average molecular weight is 335 g/mol. The van der Waals surface area contributed by atoms with E-state index in [2.05, 4.69) is 45.2 Å². The molecule has 0 unspecified atom stereocenters. The lowest BCUT2D eigenvalue weighted by molar-refractivity contribution is 0.0313. The molecule has 1 aromatic carbocycles. The lowest BCUT2D eigenvalue weighted by atomic mass is 9.69. The van der Waals surface area contributed by atoms with E-state index in [4.69, 9.17) is 0 Å². The number of aryl methyl sites for hydroxylation is 1. The second kappa shape index (κ2) is 6.95. The molecule has 130 valence electrons. The second-order valence-corrected chi connectivity index (χ2v) is 7.36. The summed E-state index contributed by atoms with van der Waals surface area (Å²) in [7, 11) is 0. The lowest BCUT2D eigenvalue weighted by Gasteiger charge is -2.48. The van der Waals surface area contributed by atoms with Crippen LogP contribution in [0.1, 0.15) is 59.8 Å². The molecular weight excluding hydrogens is 310 g/mol. The molecule has 2 fully saturated rings. The Morgan fingerprint density at radius 2 is 1.84 bits per heavy atom. The predicted molar refractivity (Wildman–Crippen MR) is 97.4 cm³/mol. The predicted octanol–water partition coefficient (Wildman–Crippen LogP) is 3.97. The molecule has 2 aliphatic rings. The Hall–Kier alpha value is -2.23. The molecule has 0 radical (unpaired) electrons. The summed E-state index contributed by atoms with van der Waals surface area (Å²) in [5.74, 6) is 1.18. The van der Waals surface area contributed by atoms with Gasteiger partial charge in [0.25, 0.3) is 5.91 Å². The summed E-state index contributed by atoms with van der Waals surface area (Å²) in [4.78, 5) is 23.7. The van der Waals surface area contributed by atoms with E-state index in [1.807, 2.05) is 6.92 Å². The first-order chi connectivity index (χ1) is 12.2. The number of carbonyl (C=O) groups excluding carboxylic acids is 1. The van der Waals surface area contributed by atoms with E-state index in [1.165, 1.54) is 24.8 Å². The highest BCUT2D eigenvalue weighted by atomic mass is 16.2. The highest BCUT2D eigenvalue weighted by Crippen LogP contribution is 2.44. The van der Waals surface area contributed by atoms with Crippen molar-refractivity contribution in [1.82, 2.24) is 14.9 Å². The van der Waals surface area contributed by atoms with Crippen LogP contribution in [0.5, 0.6) is 0 Å². The van der Waals surface area contributed by atoms with Gasteiger partial charge in [0.2, 0.25) is 0 Å². The minimum atomic E-state index is 0.0518. The highest BCUT2D eigenvalue weighted by molar-refractivity contribution is 5.92. The van der Waals surface area contributed by atoms with Crippen molar-refractivity contribution in [1.29, 1.82) is 0 Å². The molecule has 4 nitrogen and oxygen atoms in total. The number of hydrogen-bond acceptors (Lipinski definition) is 3. The summed E-state index contributed by atoms with van der Waals surface area (Å²) in [5, 5.41) is 0. The van der Waals surface area contributed by atoms with Gasteiger partial charge in [-0.05, 0) is 43.6 Å². The zero-order valence-electron chi connectivity index (χ0n) is 14.8. The van der Waals surface area contributed by atoms with Crippen molar-refractivity contribution in [2.75, 3.05) is 6.54 Å². The molecule has 3 atom stereocenters. The molecule has 2 aromatic rings. The van der Waals surface area contributed by atoms with E-state index in [0.29, 0.717) is 23.6 Å². The number of carbonyl (C=O) groups is 1. The van der Waals surface area contributed by atoms with Gasteiger partial charge in [-0.2, -0.15) is 0 Å². The van der Waals surface area contributed by atoms with Crippen LogP contribution < -0.4 is 0 Å². The Morgan fingerprint density at radius 1 is 1.04 bits per heavy atom. The van der Waals surface area contributed by atoms with Gasteiger partial charge in [-0.3, -0.25) is 9.78 Å². The van der Waals surface area contributed by atoms with Crippen molar-refractivity contribution in [3.05, 3.63) is 59.7 Å². The first-order valence-corrected chi connectivity index (χ1v) is 9.38. The Morgan fingerprint density at radius 3 is 2.60 bits per heavy atom. The summed E-state index contributed by atoms with van der Waals surface area (Å²) in [6.45, 7) is 2.71. The summed E-state index contributed by atoms with van der Waals surface area (Å²) in [5.41, 5.74) is 2.75. The van der Waals surface area contributed by atoms with Gasteiger partial charge in [-0.25, -0.2) is 4.98 Å². The van der Waals surface area contributed by atoms with Crippen molar-refractivity contribution in [3.63, 3.8) is 0 Å². The van der Waals surface area contributed by atoms with E-state index < -0.39 is 0 Å². The van der Waals surface area contributed by atoms with E-state index in [9.17, 15) is 4.79 Å². The molecule has 1 aliphatic carbocycles. The number of likely N-dealkylation sites (tertiary alicyclic amines) is 1. The van der Waals surface area contributed by atoms with Crippen LogP contribution in [0.25, 0.3) is 0 Å². The third-order valence-corrected chi connectivity index (χ3v) is 5.87. The van der Waals surface area contributed by atoms with Crippen LogP contribution in [0.3, 0.4) is 0 Å². The van der Waals surface area contributed by atoms with Crippen molar-refractivity contribution < 1.29 is 4.79 Å². The van der Waals surface area contributed by atoms with Crippen LogP contribution in [0, 0.1) is 12.8 Å². The summed E-state index contributed by atoms with van der Waals surface area (Å²) < 4.78 is 0. The van der Waals surface area contributed by atoms with Crippen LogP contribution in [0.2, 0.25) is 0 Å². The fourth-order valence-corrected chi connectivity index (χ4v) is 4.67. The molecule has 0 bridgehead atoms. The van der Waals surface area contributed by atoms with Gasteiger partial charge in [-0.1, -0.05) is 43.2 Å². The van der Waals surface area contributed by atoms with Crippen LogP contribution >= 0.6 is 0 Å². The van der Waals surface area contributed by atoms with E-state index in [-0.39, 0.29) is 5.91 Å². The first-order valence-electron chi connectivity index (χ1n) is 9.38. The van der Waals surface area contributed by atoms with Gasteiger partial charge >= 0.3 is 0 Å². The molecule has 1 aromatic heterocycles. The van der Waals surface area contributed by atoms with Gasteiger partial charge in [0.05, 0.1) is 11.9 Å². The molecule has 0 spiro atoms. The molecule has 2 heterocycles. The number of nitrogens with zero attached hydrogens (tertiary/aromatic N) is 3. The van der Waals surface area contributed by atoms with Gasteiger partial charge < -0.3 is 4.90 Å². The number of benzene rings is 1. The van der Waals surface area contributed by atoms with E-state index in [0.717, 1.165) is 25.1 Å². The zero-order chi connectivity index (χ0) is 17.2. The van der Waals surface area contributed by atoms with Crippen molar-refractivity contribution >= 4 is 5.91 Å². The normalized spacial score (nSPS) is 26.1. The van der Waals surface area contributed by atoms with E-state index in [1.54, 1.807) is 12.4 Å². The zero-order valence-corrected chi connectivity index (χ0v) is 14.8. The van der Waals surface area contributed by atoms with Gasteiger partial charge in [0.1, 0.15) is 5.69 Å². The Bertz CT molecular complexity index is 729. The van der Waals surface area contributed by atoms with Gasteiger partial charge in [-0.15, -0.1) is 0 Å². The number of aromatic nitrogens is 2. The highest BCUT2D eigenvalue weighted by Gasteiger charge is 2.42. The van der Waals surface area contributed by atoms with Crippen molar-refractivity contribution in [2.45, 2.75) is 51.0 Å². The smallest absolute Gasteiger partial charge is 0.274 e. The van der Waals surface area contributed by atoms with Gasteiger partial charge in [0.15, 0.2) is 0 Å². The molecule has 1 saturated heterocycles. The minimum Gasteiger partial charge on any atom is -0.334 e. The standard InChI is InChI=1S/C21H25N3O/c1-15-13-23-19(14-22-15)21(25)24-12-11-17(16-7-3-2-4-8-16)18-9-5-6-10-20(18)24/h2-4,7-8,13-14,17-18,20H,5-6,9-12H2,1H3/t17-,18-,20+/m0/s1. The molecule has 25 heavy (non-hydrogen) atoms. The second-order valence-electron chi connectivity index (χ2n) is 7.36. The minimum absolute atomic E-state index is 0.0518. The molecule has 4 rings (SSSR count). The average Bonchev–Trinajstić information content (AvgIpc) is 2.68. The van der Waals surface area contributed by atoms with Crippen LogP contribution in [-0.2, 0) is 0 Å². The van der Waals surface area contributed by atoms with Crippen LogP contribution in [0.15, 0.2) is 42.7 Å². The quantitative estimate of drug-likeness (QED) is 0.834. The number of hydrogen-bond donors (Lipinski definition) is 0. The fourth-order valence-electron chi connectivity index (χ4n) is 4.67. The molecule has 1 aliphatic heterocycles. The third-order valence-electron chi connectivity index (χ3n) is 5.87. The largest absolute Gasteiger partial charge is 0.334 e. The maximum Gasteiger partial charge on any atom is 0.274 e. The molecular formula is C21H25N3O. The molecule has 0 N–H and O–H groups in total. The van der Waals surface area contributed by atoms with Crippen molar-refractivity contribution in [2.24, 2.45) is 5.92 Å². The van der Waals surface area contributed by atoms with E-state index >= 15 is 0 Å². The fraction of sp³-hybridized carbons (Fsp3) is 0.476. The molecule has 1 saturated carbocycles. The maximum absolute atomic E-state index is 13.0. The number of rotatable bonds is 2. The Balaban J connectivity index is 1.59. The van der Waals surface area contributed by atoms with Crippen LogP contribution in [-0.4, -0.2) is 33.4 Å². The maximum atomic E-state index is 13.0. The molecule has 4 heteroatoms. The first kappa shape index (κ1) is 16.2. The SMILES string of the molecule is Cc1cnc(C(=O)N2CC[C@@H](c3ccccc3)[C@@H]3CCCC[C@H]32)cn1. The van der Waals surface area contributed by atoms with Gasteiger partial charge in [0, 0.05) is 18.8 Å². The Labute approximate surface area is 149 Å². The van der Waals surface area contributed by atoms with Crippen LogP contribution in [0.4, 0.5) is 0 Å². The monoisotopic (exact) mass is 335 g/mol. The van der Waals surface area contributed by atoms with Crippen molar-refractivity contribution in [3.8, 4) is 0 Å².